The summed E-state index contributed by atoms with van der Waals surface area (Å²) in [6, 6.07) is 3.35. The molecular formula is C16H21N5O2. The van der Waals surface area contributed by atoms with Crippen molar-refractivity contribution < 1.29 is 4.79 Å². The Morgan fingerprint density at radius 1 is 1.39 bits per heavy atom. The zero-order chi connectivity index (χ0) is 17.0. The lowest BCUT2D eigenvalue weighted by Gasteiger charge is -2.13. The summed E-state index contributed by atoms with van der Waals surface area (Å²) in [4.78, 5) is 28.9. The molecule has 0 aliphatic heterocycles. The summed E-state index contributed by atoms with van der Waals surface area (Å²) in [5, 5.41) is 7.03. The molecule has 0 aliphatic carbocycles. The number of hydrogen-bond acceptors (Lipinski definition) is 4. The van der Waals surface area contributed by atoms with Crippen LogP contribution in [-0.2, 0) is 17.8 Å². The molecule has 2 heterocycles. The van der Waals surface area contributed by atoms with Gasteiger partial charge in [0.2, 0.25) is 11.9 Å². The first-order chi connectivity index (χ1) is 11.0. The molecule has 7 nitrogen and oxygen atoms in total. The SMILES string of the molecule is C=CCNC(=O)Cn1c(-n2nc(C)cc2C)nc(CC)cc1=O. The quantitative estimate of drug-likeness (QED) is 0.803. The number of nitrogens with one attached hydrogen (secondary N) is 1. The lowest BCUT2D eigenvalue weighted by Crippen LogP contribution is -2.35. The van der Waals surface area contributed by atoms with Crippen molar-refractivity contribution in [3.05, 3.63) is 52.2 Å². The van der Waals surface area contributed by atoms with Crippen LogP contribution in [0, 0.1) is 13.8 Å². The lowest BCUT2D eigenvalue weighted by molar-refractivity contribution is -0.121. The number of aryl methyl sites for hydroxylation is 3. The van der Waals surface area contributed by atoms with E-state index in [1.54, 1.807) is 10.8 Å². The fourth-order valence-corrected chi connectivity index (χ4v) is 2.25. The van der Waals surface area contributed by atoms with Crippen LogP contribution in [0.1, 0.15) is 24.0 Å². The predicted molar refractivity (Wildman–Crippen MR) is 87.7 cm³/mol. The molecule has 23 heavy (non-hydrogen) atoms. The molecule has 1 amide bonds. The monoisotopic (exact) mass is 315 g/mol. The van der Waals surface area contributed by atoms with Crippen molar-refractivity contribution >= 4 is 5.91 Å². The normalized spacial score (nSPS) is 10.6. The van der Waals surface area contributed by atoms with E-state index in [1.807, 2.05) is 26.8 Å². The molecule has 0 bridgehead atoms. The molecule has 0 atom stereocenters. The van der Waals surface area contributed by atoms with Gasteiger partial charge in [-0.25, -0.2) is 9.67 Å². The number of amides is 1. The third-order valence-electron chi connectivity index (χ3n) is 3.35. The van der Waals surface area contributed by atoms with Crippen molar-refractivity contribution in [2.45, 2.75) is 33.7 Å². The van der Waals surface area contributed by atoms with E-state index in [0.29, 0.717) is 24.6 Å². The molecule has 122 valence electrons. The Bertz CT molecular complexity index is 788. The van der Waals surface area contributed by atoms with Gasteiger partial charge < -0.3 is 5.32 Å². The van der Waals surface area contributed by atoms with Crippen LogP contribution in [-0.4, -0.2) is 31.8 Å². The van der Waals surface area contributed by atoms with Crippen LogP contribution in [0.25, 0.3) is 5.95 Å². The van der Waals surface area contributed by atoms with Gasteiger partial charge in [0.15, 0.2) is 0 Å². The molecule has 0 unspecified atom stereocenters. The van der Waals surface area contributed by atoms with Crippen LogP contribution in [0.5, 0.6) is 0 Å². The van der Waals surface area contributed by atoms with Crippen molar-refractivity contribution in [2.75, 3.05) is 6.54 Å². The summed E-state index contributed by atoms with van der Waals surface area (Å²) in [7, 11) is 0. The summed E-state index contributed by atoms with van der Waals surface area (Å²) in [5.41, 5.74) is 2.07. The molecule has 0 fully saturated rings. The third-order valence-corrected chi connectivity index (χ3v) is 3.35. The van der Waals surface area contributed by atoms with Crippen molar-refractivity contribution in [3.8, 4) is 5.95 Å². The van der Waals surface area contributed by atoms with Crippen LogP contribution in [0.15, 0.2) is 29.6 Å². The van der Waals surface area contributed by atoms with Gasteiger partial charge in [0.25, 0.3) is 5.56 Å². The molecule has 2 rings (SSSR count). The van der Waals surface area contributed by atoms with E-state index in [4.69, 9.17) is 0 Å². The van der Waals surface area contributed by atoms with Crippen LogP contribution in [0.4, 0.5) is 0 Å². The minimum Gasteiger partial charge on any atom is -0.351 e. The summed E-state index contributed by atoms with van der Waals surface area (Å²) in [5.74, 6) is 0.0783. The van der Waals surface area contributed by atoms with E-state index in [0.717, 1.165) is 11.4 Å². The molecule has 0 saturated carbocycles. The third kappa shape index (κ3) is 3.74. The van der Waals surface area contributed by atoms with Crippen molar-refractivity contribution in [3.63, 3.8) is 0 Å². The van der Waals surface area contributed by atoms with Crippen LogP contribution >= 0.6 is 0 Å². The van der Waals surface area contributed by atoms with Gasteiger partial charge in [-0.15, -0.1) is 6.58 Å². The van der Waals surface area contributed by atoms with Gasteiger partial charge in [0, 0.05) is 24.0 Å². The Morgan fingerprint density at radius 2 is 2.13 bits per heavy atom. The molecular weight excluding hydrogens is 294 g/mol. The molecule has 2 aromatic rings. The average molecular weight is 315 g/mol. The highest BCUT2D eigenvalue weighted by Crippen LogP contribution is 2.09. The van der Waals surface area contributed by atoms with E-state index in [9.17, 15) is 9.59 Å². The van der Waals surface area contributed by atoms with Gasteiger partial charge in [-0.1, -0.05) is 13.0 Å². The second-order valence-corrected chi connectivity index (χ2v) is 5.26. The standard InChI is InChI=1S/C16H21N5O2/c1-5-7-17-14(22)10-20-15(23)9-13(6-2)18-16(20)21-12(4)8-11(3)19-21/h5,8-9H,1,6-7,10H2,2-4H3,(H,17,22). The van der Waals surface area contributed by atoms with Crippen molar-refractivity contribution in [1.82, 2.24) is 24.6 Å². The number of hydrogen-bond donors (Lipinski definition) is 1. The Labute approximate surface area is 134 Å². The number of aromatic nitrogens is 4. The second-order valence-electron chi connectivity index (χ2n) is 5.26. The minimum atomic E-state index is -0.277. The summed E-state index contributed by atoms with van der Waals surface area (Å²) in [6.45, 7) is 9.46. The number of carbonyl (C=O) groups is 1. The second kappa shape index (κ2) is 7.04. The molecule has 1 N–H and O–H groups in total. The smallest absolute Gasteiger partial charge is 0.255 e. The first-order valence-corrected chi connectivity index (χ1v) is 7.48. The maximum Gasteiger partial charge on any atom is 0.255 e. The van der Waals surface area contributed by atoms with Crippen LogP contribution in [0.2, 0.25) is 0 Å². The summed E-state index contributed by atoms with van der Waals surface area (Å²) in [6.07, 6.45) is 2.21. The minimum absolute atomic E-state index is 0.114. The summed E-state index contributed by atoms with van der Waals surface area (Å²) >= 11 is 0. The highest BCUT2D eigenvalue weighted by Gasteiger charge is 2.15. The Morgan fingerprint density at radius 3 is 2.70 bits per heavy atom. The maximum absolute atomic E-state index is 12.4. The van der Waals surface area contributed by atoms with Gasteiger partial charge in [-0.05, 0) is 26.3 Å². The van der Waals surface area contributed by atoms with Crippen LogP contribution in [0.3, 0.4) is 0 Å². The largest absolute Gasteiger partial charge is 0.351 e. The first-order valence-electron chi connectivity index (χ1n) is 7.48. The van der Waals surface area contributed by atoms with Gasteiger partial charge >= 0.3 is 0 Å². The molecule has 0 aromatic carbocycles. The van der Waals surface area contributed by atoms with E-state index in [2.05, 4.69) is 22.0 Å². The van der Waals surface area contributed by atoms with Gasteiger partial charge in [0.1, 0.15) is 6.54 Å². The molecule has 2 aromatic heterocycles. The number of carbonyl (C=O) groups excluding carboxylic acids is 1. The number of nitrogens with zero attached hydrogens (tertiary/aromatic N) is 4. The van der Waals surface area contributed by atoms with Crippen molar-refractivity contribution in [1.29, 1.82) is 0 Å². The van der Waals surface area contributed by atoms with Gasteiger partial charge in [-0.2, -0.15) is 5.10 Å². The predicted octanol–water partition coefficient (Wildman–Crippen LogP) is 0.910. The average Bonchev–Trinajstić information content (AvgIpc) is 2.85. The Hall–Kier alpha value is -2.70. The maximum atomic E-state index is 12.4. The van der Waals surface area contributed by atoms with Gasteiger partial charge in [0.05, 0.1) is 5.69 Å². The van der Waals surface area contributed by atoms with E-state index in [1.165, 1.54) is 10.6 Å². The fourth-order valence-electron chi connectivity index (χ4n) is 2.25. The molecule has 7 heteroatoms. The number of rotatable bonds is 6. The topological polar surface area (TPSA) is 81.8 Å². The first kappa shape index (κ1) is 16.7. The summed E-state index contributed by atoms with van der Waals surface area (Å²) < 4.78 is 2.92. The van der Waals surface area contributed by atoms with Gasteiger partial charge in [-0.3, -0.25) is 14.2 Å². The zero-order valence-corrected chi connectivity index (χ0v) is 13.7. The van der Waals surface area contributed by atoms with Crippen molar-refractivity contribution in [2.24, 2.45) is 0 Å². The molecule has 0 spiro atoms. The van der Waals surface area contributed by atoms with Crippen LogP contribution < -0.4 is 10.9 Å². The highest BCUT2D eigenvalue weighted by atomic mass is 16.2. The Balaban J connectivity index is 2.52. The zero-order valence-electron chi connectivity index (χ0n) is 13.7. The Kier molecular flexibility index (Phi) is 5.10. The van der Waals surface area contributed by atoms with E-state index < -0.39 is 0 Å². The highest BCUT2D eigenvalue weighted by molar-refractivity contribution is 5.76. The van der Waals surface area contributed by atoms with E-state index in [-0.39, 0.29) is 18.0 Å². The molecule has 0 radical (unpaired) electrons. The fraction of sp³-hybridized carbons (Fsp3) is 0.375. The molecule has 0 aliphatic rings. The van der Waals surface area contributed by atoms with E-state index >= 15 is 0 Å². The molecule has 0 saturated heterocycles. The lowest BCUT2D eigenvalue weighted by atomic mass is 10.3.